The van der Waals surface area contributed by atoms with Crippen LogP contribution in [0.2, 0.25) is 5.02 Å². The molecule has 3 N–H and O–H groups in total. The van der Waals surface area contributed by atoms with Crippen LogP contribution in [-0.2, 0) is 0 Å². The molecule has 0 aliphatic carbocycles. The van der Waals surface area contributed by atoms with Crippen LogP contribution in [-0.4, -0.2) is 11.2 Å². The summed E-state index contributed by atoms with van der Waals surface area (Å²) < 4.78 is 26.7. The predicted molar refractivity (Wildman–Crippen MR) is 61.8 cm³/mol. The van der Waals surface area contributed by atoms with Crippen LogP contribution < -0.4 is 5.73 Å². The fraction of sp³-hybridized carbons (Fsp3) is 0.400. The first kappa shape index (κ1) is 15.6. The van der Waals surface area contributed by atoms with Crippen LogP contribution in [0.4, 0.5) is 8.78 Å². The third-order valence-electron chi connectivity index (χ3n) is 2.25. The smallest absolute Gasteiger partial charge is 0.149 e. The maximum absolute atomic E-state index is 13.4. The highest BCUT2D eigenvalue weighted by Crippen LogP contribution is 2.27. The minimum atomic E-state index is -1.10. The summed E-state index contributed by atoms with van der Waals surface area (Å²) in [5.41, 5.74) is 5.17. The minimum Gasteiger partial charge on any atom is -0.391 e. The molecule has 92 valence electrons. The molecule has 0 heterocycles. The molecule has 0 unspecified atom stereocenters. The zero-order valence-corrected chi connectivity index (χ0v) is 10.2. The first-order valence-corrected chi connectivity index (χ1v) is 4.93. The van der Waals surface area contributed by atoms with Gasteiger partial charge in [-0.1, -0.05) is 18.5 Å². The quantitative estimate of drug-likeness (QED) is 0.831. The molecule has 2 nitrogen and oxygen atoms in total. The Morgan fingerprint density at radius 1 is 1.44 bits per heavy atom. The fourth-order valence-corrected chi connectivity index (χ4v) is 1.46. The Labute approximate surface area is 104 Å². The Balaban J connectivity index is 0.00000225. The first-order chi connectivity index (χ1) is 6.99. The lowest BCUT2D eigenvalue weighted by Gasteiger charge is -2.19. The van der Waals surface area contributed by atoms with Crippen molar-refractivity contribution in [2.24, 2.45) is 5.73 Å². The Morgan fingerprint density at radius 3 is 2.50 bits per heavy atom. The number of nitrogens with two attached hydrogens (primary N) is 1. The van der Waals surface area contributed by atoms with Crippen molar-refractivity contribution in [3.63, 3.8) is 0 Å². The number of rotatable bonds is 3. The lowest BCUT2D eigenvalue weighted by molar-refractivity contribution is 0.137. The molecule has 0 aromatic heterocycles. The largest absolute Gasteiger partial charge is 0.391 e. The van der Waals surface area contributed by atoms with Gasteiger partial charge in [0.05, 0.1) is 17.2 Å². The van der Waals surface area contributed by atoms with E-state index in [-0.39, 0.29) is 23.0 Å². The van der Waals surface area contributed by atoms with E-state index in [0.717, 1.165) is 12.1 Å². The number of benzene rings is 1. The fourth-order valence-electron chi connectivity index (χ4n) is 1.29. The van der Waals surface area contributed by atoms with Gasteiger partial charge in [-0.25, -0.2) is 8.78 Å². The Kier molecular flexibility index (Phi) is 6.18. The normalized spacial score (nSPS) is 14.1. The zero-order valence-electron chi connectivity index (χ0n) is 8.58. The highest BCUT2D eigenvalue weighted by Gasteiger charge is 2.23. The summed E-state index contributed by atoms with van der Waals surface area (Å²) in [7, 11) is 0. The third kappa shape index (κ3) is 3.04. The summed E-state index contributed by atoms with van der Waals surface area (Å²) in [6, 6.07) is 1.04. The van der Waals surface area contributed by atoms with Gasteiger partial charge in [0, 0.05) is 5.56 Å². The molecule has 0 bridgehead atoms. The molecule has 0 fully saturated rings. The van der Waals surface area contributed by atoms with Gasteiger partial charge in [0.2, 0.25) is 0 Å². The molecule has 0 saturated heterocycles. The molecule has 0 spiro atoms. The van der Waals surface area contributed by atoms with Crippen LogP contribution in [0.15, 0.2) is 12.1 Å². The van der Waals surface area contributed by atoms with Crippen LogP contribution in [0.5, 0.6) is 0 Å². The molecular formula is C10H13Cl2F2NO. The van der Waals surface area contributed by atoms with E-state index >= 15 is 0 Å². The molecule has 0 radical (unpaired) electrons. The van der Waals surface area contributed by atoms with E-state index in [1.165, 1.54) is 0 Å². The van der Waals surface area contributed by atoms with Gasteiger partial charge >= 0.3 is 0 Å². The number of halogens is 4. The summed E-state index contributed by atoms with van der Waals surface area (Å²) in [6.07, 6.45) is -0.681. The van der Waals surface area contributed by atoms with Gasteiger partial charge in [0.1, 0.15) is 11.6 Å². The van der Waals surface area contributed by atoms with Crippen molar-refractivity contribution in [3.8, 4) is 0 Å². The predicted octanol–water partition coefficient (Wildman–Crippen LogP) is 2.81. The van der Waals surface area contributed by atoms with Crippen LogP contribution in [0.1, 0.15) is 24.9 Å². The van der Waals surface area contributed by atoms with Gasteiger partial charge in [0.25, 0.3) is 0 Å². The number of aliphatic hydroxyl groups is 1. The maximum Gasteiger partial charge on any atom is 0.149 e. The van der Waals surface area contributed by atoms with Crippen molar-refractivity contribution in [2.45, 2.75) is 25.5 Å². The number of hydrogen-bond donors (Lipinski definition) is 2. The number of hydrogen-bond acceptors (Lipinski definition) is 2. The van der Waals surface area contributed by atoms with E-state index < -0.39 is 23.8 Å². The van der Waals surface area contributed by atoms with Gasteiger partial charge in [-0.2, -0.15) is 0 Å². The lowest BCUT2D eigenvalue weighted by atomic mass is 9.99. The van der Waals surface area contributed by atoms with Crippen LogP contribution in [0.3, 0.4) is 0 Å². The van der Waals surface area contributed by atoms with Gasteiger partial charge < -0.3 is 10.8 Å². The van der Waals surface area contributed by atoms with Crippen LogP contribution in [0, 0.1) is 11.6 Å². The summed E-state index contributed by atoms with van der Waals surface area (Å²) in [5, 5.41) is 9.21. The van der Waals surface area contributed by atoms with Gasteiger partial charge in [-0.15, -0.1) is 12.4 Å². The van der Waals surface area contributed by atoms with Crippen molar-refractivity contribution < 1.29 is 13.9 Å². The van der Waals surface area contributed by atoms with Crippen molar-refractivity contribution in [3.05, 3.63) is 34.4 Å². The van der Waals surface area contributed by atoms with Crippen molar-refractivity contribution in [1.29, 1.82) is 0 Å². The highest BCUT2D eigenvalue weighted by atomic mass is 35.5. The molecule has 0 aliphatic rings. The van der Waals surface area contributed by atoms with Crippen LogP contribution >= 0.6 is 24.0 Å². The van der Waals surface area contributed by atoms with Gasteiger partial charge in [0.15, 0.2) is 0 Å². The summed E-state index contributed by atoms with van der Waals surface area (Å²) in [4.78, 5) is 0. The third-order valence-corrected chi connectivity index (χ3v) is 2.54. The Morgan fingerprint density at radius 2 is 2.00 bits per heavy atom. The molecule has 1 aromatic carbocycles. The SMILES string of the molecule is CC[C@H](O)[C@H](N)c1c(F)ccc(Cl)c1F.Cl. The summed E-state index contributed by atoms with van der Waals surface area (Å²) in [5.74, 6) is -1.70. The van der Waals surface area contributed by atoms with E-state index in [9.17, 15) is 13.9 Å². The monoisotopic (exact) mass is 271 g/mol. The lowest BCUT2D eigenvalue weighted by Crippen LogP contribution is -2.27. The van der Waals surface area contributed by atoms with E-state index in [1.54, 1.807) is 6.92 Å². The average molecular weight is 272 g/mol. The Bertz CT molecular complexity index is 363. The molecule has 16 heavy (non-hydrogen) atoms. The van der Waals surface area contributed by atoms with Crippen molar-refractivity contribution >= 4 is 24.0 Å². The van der Waals surface area contributed by atoms with Gasteiger partial charge in [-0.05, 0) is 18.6 Å². The highest BCUT2D eigenvalue weighted by molar-refractivity contribution is 6.30. The summed E-state index contributed by atoms with van der Waals surface area (Å²) >= 11 is 5.50. The molecule has 0 saturated carbocycles. The van der Waals surface area contributed by atoms with Gasteiger partial charge in [-0.3, -0.25) is 0 Å². The zero-order chi connectivity index (χ0) is 11.6. The van der Waals surface area contributed by atoms with E-state index in [0.29, 0.717) is 6.42 Å². The van der Waals surface area contributed by atoms with Crippen LogP contribution in [0.25, 0.3) is 0 Å². The van der Waals surface area contributed by atoms with E-state index in [1.807, 2.05) is 0 Å². The first-order valence-electron chi connectivity index (χ1n) is 4.56. The second-order valence-electron chi connectivity index (χ2n) is 3.26. The molecular weight excluding hydrogens is 259 g/mol. The average Bonchev–Trinajstić information content (AvgIpc) is 2.22. The maximum atomic E-state index is 13.4. The molecule has 0 aliphatic heterocycles. The van der Waals surface area contributed by atoms with E-state index in [4.69, 9.17) is 17.3 Å². The summed E-state index contributed by atoms with van der Waals surface area (Å²) in [6.45, 7) is 1.67. The molecule has 2 atom stereocenters. The Hall–Kier alpha value is -0.420. The van der Waals surface area contributed by atoms with Crippen molar-refractivity contribution in [2.75, 3.05) is 0 Å². The molecule has 1 rings (SSSR count). The topological polar surface area (TPSA) is 46.2 Å². The second-order valence-corrected chi connectivity index (χ2v) is 3.67. The second kappa shape index (κ2) is 6.35. The van der Waals surface area contributed by atoms with Crippen molar-refractivity contribution in [1.82, 2.24) is 0 Å². The number of aliphatic hydroxyl groups excluding tert-OH is 1. The standard InChI is InChI=1S/C10H12ClF2NO.ClH/c1-2-7(15)10(14)8-6(12)4-3-5(11)9(8)13;/h3-4,7,10,15H,2,14H2,1H3;1H/t7-,10-;/m0./s1. The molecule has 0 amide bonds. The molecule has 1 aromatic rings. The molecule has 6 heteroatoms. The minimum absolute atomic E-state index is 0. The van der Waals surface area contributed by atoms with E-state index in [2.05, 4.69) is 0 Å².